The molecule has 2 amide bonds. The third-order valence-electron chi connectivity index (χ3n) is 4.57. The Balaban J connectivity index is 1.65. The van der Waals surface area contributed by atoms with E-state index in [2.05, 4.69) is 25.6 Å². The Morgan fingerprint density at radius 2 is 1.96 bits per heavy atom. The number of nitrogens with zero attached hydrogens (tertiary/aromatic N) is 3. The van der Waals surface area contributed by atoms with Gasteiger partial charge in [-0.1, -0.05) is 6.07 Å². The molecular formula is C19H19N7O2. The van der Waals surface area contributed by atoms with E-state index in [4.69, 9.17) is 11.5 Å². The molecule has 28 heavy (non-hydrogen) atoms. The number of hydrogen-bond donors (Lipinski definition) is 4. The average molecular weight is 377 g/mol. The number of hydrogen-bond acceptors (Lipinski definition) is 7. The molecule has 1 atom stereocenters. The number of aromatic nitrogens is 3. The fourth-order valence-electron chi connectivity index (χ4n) is 3.03. The largest absolute Gasteiger partial charge is 0.368 e. The van der Waals surface area contributed by atoms with Crippen molar-refractivity contribution in [2.75, 3.05) is 10.6 Å². The van der Waals surface area contributed by atoms with Crippen LogP contribution in [0.2, 0.25) is 0 Å². The number of nitrogens with one attached hydrogen (secondary N) is 2. The predicted molar refractivity (Wildman–Crippen MR) is 105 cm³/mol. The number of carbonyl (C=O) groups is 2. The van der Waals surface area contributed by atoms with Crippen molar-refractivity contribution in [2.24, 2.45) is 17.4 Å². The van der Waals surface area contributed by atoms with Crippen LogP contribution in [-0.2, 0) is 4.79 Å². The highest BCUT2D eigenvalue weighted by atomic mass is 16.1. The second-order valence-electron chi connectivity index (χ2n) is 6.71. The zero-order valence-corrected chi connectivity index (χ0v) is 14.9. The van der Waals surface area contributed by atoms with Crippen molar-refractivity contribution in [2.45, 2.75) is 18.9 Å². The molecule has 1 saturated carbocycles. The summed E-state index contributed by atoms with van der Waals surface area (Å²) in [6.45, 7) is 0. The van der Waals surface area contributed by atoms with Gasteiger partial charge in [-0.25, -0.2) is 9.97 Å². The third-order valence-corrected chi connectivity index (χ3v) is 4.57. The van der Waals surface area contributed by atoms with Gasteiger partial charge in [0.2, 0.25) is 5.91 Å². The first-order chi connectivity index (χ1) is 13.5. The smallest absolute Gasteiger partial charge is 0.271 e. The van der Waals surface area contributed by atoms with Gasteiger partial charge in [0.05, 0.1) is 11.7 Å². The number of rotatable bonds is 7. The molecule has 0 spiro atoms. The second-order valence-corrected chi connectivity index (χ2v) is 6.71. The lowest BCUT2D eigenvalue weighted by Gasteiger charge is -2.16. The van der Waals surface area contributed by atoms with Gasteiger partial charge >= 0.3 is 0 Å². The van der Waals surface area contributed by atoms with Gasteiger partial charge in [0.15, 0.2) is 11.5 Å². The Kier molecular flexibility index (Phi) is 4.48. The molecule has 2 aromatic heterocycles. The molecule has 9 heteroatoms. The van der Waals surface area contributed by atoms with Crippen LogP contribution in [0.25, 0.3) is 10.9 Å². The normalized spacial score (nSPS) is 14.4. The summed E-state index contributed by atoms with van der Waals surface area (Å²) in [5, 5.41) is 7.02. The summed E-state index contributed by atoms with van der Waals surface area (Å²) in [6, 6.07) is 8.80. The molecule has 0 saturated heterocycles. The Morgan fingerprint density at radius 3 is 2.68 bits per heavy atom. The topological polar surface area (TPSA) is 149 Å². The average Bonchev–Trinajstić information content (AvgIpc) is 3.51. The molecule has 6 N–H and O–H groups in total. The first kappa shape index (κ1) is 17.7. The second kappa shape index (κ2) is 7.10. The minimum Gasteiger partial charge on any atom is -0.368 e. The lowest BCUT2D eigenvalue weighted by molar-refractivity contribution is -0.119. The molecular weight excluding hydrogens is 358 g/mol. The Morgan fingerprint density at radius 1 is 1.14 bits per heavy atom. The van der Waals surface area contributed by atoms with Gasteiger partial charge < -0.3 is 22.1 Å². The van der Waals surface area contributed by atoms with Crippen LogP contribution in [0.5, 0.6) is 0 Å². The summed E-state index contributed by atoms with van der Waals surface area (Å²) in [4.78, 5) is 36.2. The van der Waals surface area contributed by atoms with E-state index in [0.29, 0.717) is 11.5 Å². The molecule has 1 aliphatic rings. The van der Waals surface area contributed by atoms with E-state index >= 15 is 0 Å². The first-order valence-electron chi connectivity index (χ1n) is 8.86. The number of anilines is 3. The van der Waals surface area contributed by atoms with Gasteiger partial charge in [-0.3, -0.25) is 14.6 Å². The van der Waals surface area contributed by atoms with Crippen molar-refractivity contribution >= 4 is 40.0 Å². The summed E-state index contributed by atoms with van der Waals surface area (Å²) in [6.07, 6.45) is 4.96. The number of primary amides is 2. The maximum absolute atomic E-state index is 11.8. The Labute approximate surface area is 160 Å². The Bertz CT molecular complexity index is 1070. The van der Waals surface area contributed by atoms with Gasteiger partial charge in [0.1, 0.15) is 11.9 Å². The number of amides is 2. The van der Waals surface area contributed by atoms with Crippen molar-refractivity contribution in [3.8, 4) is 0 Å². The Hall–Kier alpha value is -3.75. The molecule has 1 unspecified atom stereocenters. The maximum atomic E-state index is 11.8. The maximum Gasteiger partial charge on any atom is 0.271 e. The number of carbonyl (C=O) groups excluding carboxylic acids is 2. The van der Waals surface area contributed by atoms with E-state index < -0.39 is 17.9 Å². The van der Waals surface area contributed by atoms with Crippen molar-refractivity contribution in [3.63, 3.8) is 0 Å². The molecule has 1 aliphatic carbocycles. The fraction of sp³-hybridized carbons (Fsp3) is 0.211. The number of nitrogens with two attached hydrogens (primary N) is 2. The van der Waals surface area contributed by atoms with E-state index in [1.165, 1.54) is 6.20 Å². The molecule has 9 nitrogen and oxygen atoms in total. The number of pyridine rings is 1. The minimum atomic E-state index is -0.711. The van der Waals surface area contributed by atoms with Crippen molar-refractivity contribution in [1.82, 2.24) is 15.0 Å². The van der Waals surface area contributed by atoms with E-state index in [1.54, 1.807) is 6.20 Å². The molecule has 0 aliphatic heterocycles. The zero-order valence-electron chi connectivity index (χ0n) is 14.9. The van der Waals surface area contributed by atoms with Gasteiger partial charge in [-0.05, 0) is 43.0 Å². The summed E-state index contributed by atoms with van der Waals surface area (Å²) >= 11 is 0. The molecule has 1 aromatic carbocycles. The summed E-state index contributed by atoms with van der Waals surface area (Å²) in [7, 11) is 0. The van der Waals surface area contributed by atoms with Crippen molar-refractivity contribution < 1.29 is 9.59 Å². The van der Waals surface area contributed by atoms with E-state index in [-0.39, 0.29) is 17.4 Å². The molecule has 4 rings (SSSR count). The quantitative estimate of drug-likeness (QED) is 0.488. The molecule has 0 radical (unpaired) electrons. The number of fused-ring (bicyclic) bond motifs is 1. The minimum absolute atomic E-state index is 0.00104. The predicted octanol–water partition coefficient (Wildman–Crippen LogP) is 1.54. The van der Waals surface area contributed by atoms with Crippen molar-refractivity contribution in [3.05, 3.63) is 48.4 Å². The third kappa shape index (κ3) is 3.68. The van der Waals surface area contributed by atoms with Crippen LogP contribution in [0, 0.1) is 5.92 Å². The molecule has 3 aromatic rings. The van der Waals surface area contributed by atoms with E-state index in [9.17, 15) is 9.59 Å². The van der Waals surface area contributed by atoms with Crippen LogP contribution >= 0.6 is 0 Å². The standard InChI is InChI=1S/C19H19N7O2/c20-17(27)15(10-3-4-10)25-14-9-23-16(18(21)28)19(26-14)24-12-5-6-13-11(8-12)2-1-7-22-13/h1-2,5-10,15H,3-4H2,(H2,20,27)(H2,21,28)(H2,24,25,26). The zero-order chi connectivity index (χ0) is 19.7. The van der Waals surface area contributed by atoms with Crippen LogP contribution in [0.15, 0.2) is 42.7 Å². The summed E-state index contributed by atoms with van der Waals surface area (Å²) in [5.74, 6) is -0.428. The summed E-state index contributed by atoms with van der Waals surface area (Å²) < 4.78 is 0. The highest BCUT2D eigenvalue weighted by Crippen LogP contribution is 2.34. The lowest BCUT2D eigenvalue weighted by Crippen LogP contribution is -2.37. The van der Waals surface area contributed by atoms with Crippen LogP contribution in [0.4, 0.5) is 17.3 Å². The van der Waals surface area contributed by atoms with Crippen molar-refractivity contribution in [1.29, 1.82) is 0 Å². The van der Waals surface area contributed by atoms with Gasteiger partial charge in [0, 0.05) is 17.3 Å². The first-order valence-corrected chi connectivity index (χ1v) is 8.86. The molecule has 0 bridgehead atoms. The van der Waals surface area contributed by atoms with E-state index in [0.717, 1.165) is 23.7 Å². The van der Waals surface area contributed by atoms with Gasteiger partial charge in [0.25, 0.3) is 5.91 Å². The molecule has 1 fully saturated rings. The molecule has 142 valence electrons. The van der Waals surface area contributed by atoms with Crippen LogP contribution in [0.3, 0.4) is 0 Å². The molecule has 2 heterocycles. The highest BCUT2D eigenvalue weighted by molar-refractivity contribution is 5.97. The summed E-state index contributed by atoms with van der Waals surface area (Å²) in [5.41, 5.74) is 12.4. The highest BCUT2D eigenvalue weighted by Gasteiger charge is 2.35. The van der Waals surface area contributed by atoms with Gasteiger partial charge in [-0.2, -0.15) is 0 Å². The van der Waals surface area contributed by atoms with Crippen LogP contribution in [-0.4, -0.2) is 32.8 Å². The lowest BCUT2D eigenvalue weighted by atomic mass is 10.2. The monoisotopic (exact) mass is 377 g/mol. The van der Waals surface area contributed by atoms with Crippen LogP contribution in [0.1, 0.15) is 23.3 Å². The number of benzene rings is 1. The van der Waals surface area contributed by atoms with E-state index in [1.807, 2.05) is 30.3 Å². The van der Waals surface area contributed by atoms with Crippen LogP contribution < -0.4 is 22.1 Å². The SMILES string of the molecule is NC(=O)c1ncc(NC(C(N)=O)C2CC2)nc1Nc1ccc2ncccc2c1. The fourth-order valence-corrected chi connectivity index (χ4v) is 3.03. The van der Waals surface area contributed by atoms with Gasteiger partial charge in [-0.15, -0.1) is 0 Å².